The van der Waals surface area contributed by atoms with Gasteiger partial charge in [0.2, 0.25) is 0 Å². The van der Waals surface area contributed by atoms with Gasteiger partial charge >= 0.3 is 0 Å². The van der Waals surface area contributed by atoms with Crippen LogP contribution in [0.2, 0.25) is 0 Å². The van der Waals surface area contributed by atoms with Gasteiger partial charge in [0.25, 0.3) is 0 Å². The number of hydrogen-bond donors (Lipinski definition) is 1. The molecule has 0 unspecified atom stereocenters. The molecule has 2 heterocycles. The highest BCUT2D eigenvalue weighted by Gasteiger charge is 2.67. The quantitative estimate of drug-likeness (QED) is 0.393. The van der Waals surface area contributed by atoms with Crippen molar-refractivity contribution in [3.8, 4) is 0 Å². The van der Waals surface area contributed by atoms with E-state index in [0.717, 1.165) is 25.7 Å². The van der Waals surface area contributed by atoms with E-state index in [1.165, 1.54) is 25.7 Å². The molecule has 190 valence electrons. The Morgan fingerprint density at radius 3 is 2.38 bits per heavy atom. The molecule has 5 fully saturated rings. The summed E-state index contributed by atoms with van der Waals surface area (Å²) in [4.78, 5) is 12.8. The molecule has 4 aliphatic carbocycles. The Morgan fingerprint density at radius 2 is 1.71 bits per heavy atom. The third kappa shape index (κ3) is 2.85. The molecule has 4 heteroatoms. The van der Waals surface area contributed by atoms with Gasteiger partial charge in [0.15, 0.2) is 6.29 Å². The van der Waals surface area contributed by atoms with Crippen molar-refractivity contribution in [1.82, 2.24) is 0 Å². The van der Waals surface area contributed by atoms with Crippen LogP contribution in [-0.4, -0.2) is 35.0 Å². The molecule has 10 atom stereocenters. The summed E-state index contributed by atoms with van der Waals surface area (Å²) in [6.45, 7) is 16.2. The maximum absolute atomic E-state index is 12.8. The van der Waals surface area contributed by atoms with Gasteiger partial charge in [-0.25, -0.2) is 0 Å². The van der Waals surface area contributed by atoms with Crippen LogP contribution in [0.4, 0.5) is 0 Å². The predicted octanol–water partition coefficient (Wildman–Crippen LogP) is 6.06. The van der Waals surface area contributed by atoms with Crippen molar-refractivity contribution in [2.45, 2.75) is 124 Å². The second-order valence-electron chi connectivity index (χ2n) is 14.7. The summed E-state index contributed by atoms with van der Waals surface area (Å²) in [5.41, 5.74) is 1.95. The first-order valence-electron chi connectivity index (χ1n) is 14.0. The van der Waals surface area contributed by atoms with E-state index in [2.05, 4.69) is 54.5 Å². The number of carbonyl (C=O) groups is 1. The molecule has 0 bridgehead atoms. The van der Waals surface area contributed by atoms with Gasteiger partial charge in [-0.15, -0.1) is 0 Å². The van der Waals surface area contributed by atoms with Crippen molar-refractivity contribution in [3.63, 3.8) is 0 Å². The number of epoxide rings is 1. The van der Waals surface area contributed by atoms with Crippen LogP contribution < -0.4 is 0 Å². The van der Waals surface area contributed by atoms with Crippen LogP contribution in [0.15, 0.2) is 11.6 Å². The number of hydrogen-bond acceptors (Lipinski definition) is 4. The fraction of sp³-hybridized carbons (Fsp3) is 0.900. The van der Waals surface area contributed by atoms with Crippen LogP contribution in [0.3, 0.4) is 0 Å². The van der Waals surface area contributed by atoms with E-state index < -0.39 is 6.29 Å². The summed E-state index contributed by atoms with van der Waals surface area (Å²) in [7, 11) is 0. The van der Waals surface area contributed by atoms with E-state index in [1.807, 2.05) is 0 Å². The predicted molar refractivity (Wildman–Crippen MR) is 132 cm³/mol. The largest absolute Gasteiger partial charge is 0.368 e. The topological polar surface area (TPSA) is 59.1 Å². The maximum Gasteiger partial charge on any atom is 0.158 e. The Labute approximate surface area is 206 Å². The van der Waals surface area contributed by atoms with Gasteiger partial charge in [0.05, 0.1) is 11.7 Å². The standard InChI is InChI=1S/C30H46O4/c1-26(2)22-9-8-20-19(28(22,5)13-12-23(26)31)11-15-29(6)18(10-14-30(20,29)7)17-16-21(33-25(17)32)24-27(3,4)34-24/h8,17-19,21-22,24-25,32H,9-16H2,1-7H3/t17-,18-,19-,21+,22-,24-,25+,28+,29-,30+/m0/s1. The lowest BCUT2D eigenvalue weighted by Gasteiger charge is -2.63. The van der Waals surface area contributed by atoms with Crippen molar-refractivity contribution < 1.29 is 19.4 Å². The molecule has 6 aliphatic rings. The summed E-state index contributed by atoms with van der Waals surface area (Å²) in [5.74, 6) is 2.19. The van der Waals surface area contributed by atoms with Crippen molar-refractivity contribution >= 4 is 5.78 Å². The first-order valence-corrected chi connectivity index (χ1v) is 14.0. The number of allylic oxidation sites excluding steroid dienone is 2. The number of aliphatic hydroxyl groups is 1. The van der Waals surface area contributed by atoms with Crippen molar-refractivity contribution in [2.24, 2.45) is 45.3 Å². The number of Topliss-reactive ketones (excluding diaryl/α,β-unsaturated/α-hetero) is 1. The van der Waals surface area contributed by atoms with Crippen molar-refractivity contribution in [3.05, 3.63) is 11.6 Å². The Morgan fingerprint density at radius 1 is 1.00 bits per heavy atom. The summed E-state index contributed by atoms with van der Waals surface area (Å²) in [6, 6.07) is 0. The molecule has 6 rings (SSSR count). The minimum atomic E-state index is -0.667. The van der Waals surface area contributed by atoms with Gasteiger partial charge < -0.3 is 14.6 Å². The lowest BCUT2D eigenvalue weighted by atomic mass is 9.41. The Kier molecular flexibility index (Phi) is 4.86. The van der Waals surface area contributed by atoms with Crippen molar-refractivity contribution in [1.29, 1.82) is 0 Å². The van der Waals surface area contributed by atoms with Gasteiger partial charge in [0.1, 0.15) is 11.9 Å². The molecule has 2 saturated heterocycles. The first kappa shape index (κ1) is 23.7. The zero-order chi connectivity index (χ0) is 24.5. The summed E-state index contributed by atoms with van der Waals surface area (Å²) < 4.78 is 12.0. The van der Waals surface area contributed by atoms with Crippen LogP contribution in [-0.2, 0) is 14.3 Å². The Balaban J connectivity index is 1.30. The monoisotopic (exact) mass is 470 g/mol. The van der Waals surface area contributed by atoms with E-state index in [1.54, 1.807) is 5.57 Å². The Hall–Kier alpha value is -0.710. The molecular weight excluding hydrogens is 424 g/mol. The summed E-state index contributed by atoms with van der Waals surface area (Å²) in [6.07, 6.45) is 10.6. The number of ether oxygens (including phenoxy) is 2. The molecule has 2 aliphatic heterocycles. The fourth-order valence-corrected chi connectivity index (χ4v) is 10.3. The zero-order valence-electron chi connectivity index (χ0n) is 22.4. The van der Waals surface area contributed by atoms with Crippen LogP contribution in [0.25, 0.3) is 0 Å². The average Bonchev–Trinajstić information content (AvgIpc) is 3.08. The third-order valence-electron chi connectivity index (χ3n) is 12.7. The average molecular weight is 471 g/mol. The van der Waals surface area contributed by atoms with E-state index in [0.29, 0.717) is 23.5 Å². The fourth-order valence-electron chi connectivity index (χ4n) is 10.3. The van der Waals surface area contributed by atoms with Crippen LogP contribution in [0, 0.1) is 45.3 Å². The molecule has 0 aromatic heterocycles. The number of carbonyl (C=O) groups excluding carboxylic acids is 1. The normalized spacial score (nSPS) is 55.2. The molecule has 34 heavy (non-hydrogen) atoms. The molecule has 0 spiro atoms. The highest BCUT2D eigenvalue weighted by Crippen LogP contribution is 2.73. The highest BCUT2D eigenvalue weighted by molar-refractivity contribution is 5.85. The van der Waals surface area contributed by atoms with Crippen molar-refractivity contribution in [2.75, 3.05) is 0 Å². The third-order valence-corrected chi connectivity index (χ3v) is 12.7. The molecule has 3 saturated carbocycles. The van der Waals surface area contributed by atoms with Gasteiger partial charge in [-0.3, -0.25) is 4.79 Å². The second kappa shape index (κ2) is 6.98. The summed E-state index contributed by atoms with van der Waals surface area (Å²) in [5, 5.41) is 11.0. The number of fused-ring (bicyclic) bond motifs is 5. The molecular formula is C30H46O4. The molecule has 0 radical (unpaired) electrons. The molecule has 0 amide bonds. The molecule has 1 N–H and O–H groups in total. The SMILES string of the molecule is CC1(C)O[C@H]1[C@H]1C[C@@H]([C@@H]2CC[C@]3(C)C4=CC[C@H]5C(C)(C)C(=O)CC[C@]5(C)[C@H]4CC[C@@]23C)[C@H](O)O1. The van der Waals surface area contributed by atoms with E-state index in [9.17, 15) is 9.90 Å². The van der Waals surface area contributed by atoms with E-state index in [-0.39, 0.29) is 45.4 Å². The van der Waals surface area contributed by atoms with Crippen LogP contribution in [0.5, 0.6) is 0 Å². The number of rotatable bonds is 2. The number of aliphatic hydroxyl groups excluding tert-OH is 1. The van der Waals surface area contributed by atoms with Gasteiger partial charge in [-0.1, -0.05) is 46.3 Å². The van der Waals surface area contributed by atoms with Gasteiger partial charge in [-0.2, -0.15) is 0 Å². The van der Waals surface area contributed by atoms with Crippen LogP contribution in [0.1, 0.15) is 99.8 Å². The van der Waals surface area contributed by atoms with Crippen LogP contribution >= 0.6 is 0 Å². The lowest BCUT2D eigenvalue weighted by molar-refractivity contribution is -0.147. The summed E-state index contributed by atoms with van der Waals surface area (Å²) >= 11 is 0. The first-order chi connectivity index (χ1) is 15.8. The zero-order valence-corrected chi connectivity index (χ0v) is 22.4. The Bertz CT molecular complexity index is 934. The number of ketones is 1. The second-order valence-corrected chi connectivity index (χ2v) is 14.7. The molecule has 0 aromatic rings. The van der Waals surface area contributed by atoms with E-state index >= 15 is 0 Å². The lowest BCUT2D eigenvalue weighted by Crippen LogP contribution is -2.57. The minimum Gasteiger partial charge on any atom is -0.368 e. The highest BCUT2D eigenvalue weighted by atomic mass is 16.7. The minimum absolute atomic E-state index is 0.0253. The van der Waals surface area contributed by atoms with Gasteiger partial charge in [-0.05, 0) is 92.8 Å². The van der Waals surface area contributed by atoms with Gasteiger partial charge in [0, 0.05) is 17.8 Å². The smallest absolute Gasteiger partial charge is 0.158 e. The maximum atomic E-state index is 12.8. The van der Waals surface area contributed by atoms with E-state index in [4.69, 9.17) is 9.47 Å². The molecule has 0 aromatic carbocycles. The molecule has 4 nitrogen and oxygen atoms in total.